The zero-order valence-corrected chi connectivity index (χ0v) is 15.7. The van der Waals surface area contributed by atoms with E-state index in [1.54, 1.807) is 24.3 Å². The highest BCUT2D eigenvalue weighted by molar-refractivity contribution is 5.77. The van der Waals surface area contributed by atoms with E-state index >= 15 is 0 Å². The maximum absolute atomic E-state index is 13.3. The third-order valence-electron chi connectivity index (χ3n) is 4.64. The summed E-state index contributed by atoms with van der Waals surface area (Å²) in [6, 6.07) is 18.4. The molecule has 0 spiro atoms. The van der Waals surface area contributed by atoms with Crippen LogP contribution >= 0.6 is 0 Å². The summed E-state index contributed by atoms with van der Waals surface area (Å²) in [5, 5.41) is 0.349. The molecule has 0 radical (unpaired) electrons. The maximum atomic E-state index is 13.3. The number of aryl methyl sites for hydroxylation is 2. The van der Waals surface area contributed by atoms with Crippen molar-refractivity contribution in [1.29, 1.82) is 0 Å². The number of nitrogen functional groups attached to an aromatic ring is 1. The van der Waals surface area contributed by atoms with Crippen LogP contribution in [0, 0.1) is 13.8 Å². The van der Waals surface area contributed by atoms with Gasteiger partial charge in [0.25, 0.3) is 5.56 Å². The second kappa shape index (κ2) is 6.81. The maximum Gasteiger partial charge on any atom is 0.337 e. The van der Waals surface area contributed by atoms with Gasteiger partial charge in [-0.25, -0.2) is 14.3 Å². The second-order valence-electron chi connectivity index (χ2n) is 6.95. The number of anilines is 1. The predicted octanol–water partition coefficient (Wildman–Crippen LogP) is 2.79. The fourth-order valence-electron chi connectivity index (χ4n) is 3.54. The van der Waals surface area contributed by atoms with E-state index in [1.165, 1.54) is 9.13 Å². The Morgan fingerprint density at radius 1 is 0.929 bits per heavy atom. The van der Waals surface area contributed by atoms with E-state index in [0.717, 1.165) is 16.7 Å². The summed E-state index contributed by atoms with van der Waals surface area (Å²) in [5.74, 6) is 0.253. The average molecular weight is 372 g/mol. The van der Waals surface area contributed by atoms with Crippen molar-refractivity contribution in [2.75, 3.05) is 5.73 Å². The Kier molecular flexibility index (Phi) is 4.31. The van der Waals surface area contributed by atoms with Crippen LogP contribution in [0.3, 0.4) is 0 Å². The summed E-state index contributed by atoms with van der Waals surface area (Å²) in [5.41, 5.74) is 8.97. The summed E-state index contributed by atoms with van der Waals surface area (Å²) in [7, 11) is 0. The Morgan fingerprint density at radius 2 is 1.61 bits per heavy atom. The van der Waals surface area contributed by atoms with E-state index in [2.05, 4.69) is 11.1 Å². The summed E-state index contributed by atoms with van der Waals surface area (Å²) in [6.07, 6.45) is 0. The van der Waals surface area contributed by atoms with Crippen LogP contribution in [0.5, 0.6) is 0 Å². The minimum atomic E-state index is -0.444. The predicted molar refractivity (Wildman–Crippen MR) is 111 cm³/mol. The average Bonchev–Trinajstić information content (AvgIpc) is 2.65. The van der Waals surface area contributed by atoms with E-state index in [1.807, 2.05) is 44.2 Å². The van der Waals surface area contributed by atoms with Crippen molar-refractivity contribution >= 4 is 16.9 Å². The van der Waals surface area contributed by atoms with Crippen molar-refractivity contribution in [2.24, 2.45) is 0 Å². The van der Waals surface area contributed by atoms with Crippen LogP contribution in [-0.2, 0) is 6.54 Å². The zero-order valence-electron chi connectivity index (χ0n) is 15.7. The van der Waals surface area contributed by atoms with Crippen molar-refractivity contribution in [3.05, 3.63) is 98.2 Å². The van der Waals surface area contributed by atoms with E-state index < -0.39 is 5.69 Å². The van der Waals surface area contributed by atoms with Gasteiger partial charge >= 0.3 is 5.69 Å². The molecule has 0 unspecified atom stereocenters. The molecule has 4 aromatic rings. The first-order valence-corrected chi connectivity index (χ1v) is 8.99. The topological polar surface area (TPSA) is 82.9 Å². The number of benzene rings is 2. The van der Waals surface area contributed by atoms with Crippen LogP contribution in [0.15, 0.2) is 70.3 Å². The van der Waals surface area contributed by atoms with Gasteiger partial charge < -0.3 is 5.73 Å². The third-order valence-corrected chi connectivity index (χ3v) is 4.64. The number of para-hydroxylation sites is 1. The van der Waals surface area contributed by atoms with Crippen LogP contribution in [0.4, 0.5) is 5.82 Å². The molecule has 6 heteroatoms. The first-order chi connectivity index (χ1) is 13.4. The molecule has 0 saturated carbocycles. The number of nitrogens with two attached hydrogens (primary N) is 1. The molecule has 2 heterocycles. The van der Waals surface area contributed by atoms with Gasteiger partial charge in [0.2, 0.25) is 0 Å². The van der Waals surface area contributed by atoms with E-state index in [4.69, 9.17) is 5.73 Å². The molecule has 140 valence electrons. The lowest BCUT2D eigenvalue weighted by Gasteiger charge is -2.14. The monoisotopic (exact) mass is 372 g/mol. The smallest absolute Gasteiger partial charge is 0.337 e. The lowest BCUT2D eigenvalue weighted by molar-refractivity contribution is 0.682. The highest BCUT2D eigenvalue weighted by atomic mass is 16.2. The van der Waals surface area contributed by atoms with Crippen LogP contribution in [0.2, 0.25) is 0 Å². The normalized spacial score (nSPS) is 11.1. The molecule has 0 fully saturated rings. The van der Waals surface area contributed by atoms with Crippen molar-refractivity contribution in [3.63, 3.8) is 0 Å². The van der Waals surface area contributed by atoms with Gasteiger partial charge in [-0.1, -0.05) is 47.5 Å². The highest BCUT2D eigenvalue weighted by Crippen LogP contribution is 2.15. The van der Waals surface area contributed by atoms with Gasteiger partial charge in [-0.3, -0.25) is 9.36 Å². The number of fused-ring (bicyclic) bond motifs is 1. The minimum Gasteiger partial charge on any atom is -0.384 e. The number of nitrogens with zero attached hydrogens (tertiary/aromatic N) is 3. The Hall–Kier alpha value is -3.67. The molecule has 0 saturated heterocycles. The summed E-state index contributed by atoms with van der Waals surface area (Å²) >= 11 is 0. The van der Waals surface area contributed by atoms with E-state index in [0.29, 0.717) is 11.1 Å². The fraction of sp³-hybridized carbons (Fsp3) is 0.136. The molecular weight excluding hydrogens is 352 g/mol. The van der Waals surface area contributed by atoms with Crippen LogP contribution in [0.1, 0.15) is 16.7 Å². The first-order valence-electron chi connectivity index (χ1n) is 8.99. The van der Waals surface area contributed by atoms with Crippen molar-refractivity contribution < 1.29 is 0 Å². The van der Waals surface area contributed by atoms with Crippen molar-refractivity contribution in [2.45, 2.75) is 20.4 Å². The van der Waals surface area contributed by atoms with Crippen LogP contribution < -0.4 is 17.0 Å². The Labute approximate surface area is 161 Å². The van der Waals surface area contributed by atoms with Gasteiger partial charge in [-0.2, -0.15) is 0 Å². The van der Waals surface area contributed by atoms with Crippen molar-refractivity contribution in [1.82, 2.24) is 14.1 Å². The highest BCUT2D eigenvalue weighted by Gasteiger charge is 2.16. The fourth-order valence-corrected chi connectivity index (χ4v) is 3.54. The molecule has 2 aromatic carbocycles. The number of pyridine rings is 1. The molecule has 0 aliphatic heterocycles. The SMILES string of the molecule is Cc1cc(C)cc(Cn2c(=O)c3ccc(N)nc3n(-c3ccccc3)c2=O)c1. The summed E-state index contributed by atoms with van der Waals surface area (Å²) in [6.45, 7) is 4.18. The molecule has 6 nitrogen and oxygen atoms in total. The largest absolute Gasteiger partial charge is 0.384 e. The molecule has 0 bridgehead atoms. The van der Waals surface area contributed by atoms with E-state index in [9.17, 15) is 9.59 Å². The molecule has 28 heavy (non-hydrogen) atoms. The molecular formula is C22H20N4O2. The van der Waals surface area contributed by atoms with Gasteiger partial charge in [0, 0.05) is 0 Å². The third kappa shape index (κ3) is 3.09. The first kappa shape index (κ1) is 17.7. The standard InChI is InChI=1S/C22H20N4O2/c1-14-10-15(2)12-16(11-14)13-25-21(27)18-8-9-19(23)24-20(18)26(22(25)28)17-6-4-3-5-7-17/h3-12H,13H2,1-2H3,(H2,23,24). The lowest BCUT2D eigenvalue weighted by Crippen LogP contribution is -2.40. The number of hydrogen-bond acceptors (Lipinski definition) is 4. The molecule has 2 N–H and O–H groups in total. The van der Waals surface area contributed by atoms with Crippen LogP contribution in [0.25, 0.3) is 16.7 Å². The minimum absolute atomic E-state index is 0.188. The number of rotatable bonds is 3. The number of hydrogen-bond donors (Lipinski definition) is 1. The van der Waals surface area contributed by atoms with Gasteiger partial charge in [0.05, 0.1) is 17.6 Å². The van der Waals surface area contributed by atoms with Crippen molar-refractivity contribution in [3.8, 4) is 5.69 Å². The van der Waals surface area contributed by atoms with Gasteiger partial charge in [-0.05, 0) is 43.7 Å². The second-order valence-corrected chi connectivity index (χ2v) is 6.95. The van der Waals surface area contributed by atoms with Gasteiger partial charge in [0.15, 0.2) is 5.65 Å². The van der Waals surface area contributed by atoms with E-state index in [-0.39, 0.29) is 23.6 Å². The molecule has 2 aromatic heterocycles. The van der Waals surface area contributed by atoms with Crippen LogP contribution in [-0.4, -0.2) is 14.1 Å². The van der Waals surface area contributed by atoms with Gasteiger partial charge in [0.1, 0.15) is 5.82 Å². The number of aromatic nitrogens is 3. The summed E-state index contributed by atoms with van der Waals surface area (Å²) < 4.78 is 2.69. The lowest BCUT2D eigenvalue weighted by atomic mass is 10.1. The molecule has 0 amide bonds. The summed E-state index contributed by atoms with van der Waals surface area (Å²) in [4.78, 5) is 30.7. The molecule has 0 aliphatic rings. The molecule has 0 atom stereocenters. The zero-order chi connectivity index (χ0) is 19.8. The molecule has 4 rings (SSSR count). The Morgan fingerprint density at radius 3 is 2.29 bits per heavy atom. The van der Waals surface area contributed by atoms with Gasteiger partial charge in [-0.15, -0.1) is 0 Å². The Bertz CT molecular complexity index is 1280. The quantitative estimate of drug-likeness (QED) is 0.599. The Balaban J connectivity index is 2.04. The molecule has 0 aliphatic carbocycles.